The topological polar surface area (TPSA) is 72.4 Å². The number of piperidine rings is 1. The molecule has 0 N–H and O–H groups in total. The molecule has 0 spiro atoms. The fourth-order valence-electron chi connectivity index (χ4n) is 1.81. The highest BCUT2D eigenvalue weighted by Gasteiger charge is 2.27. The minimum Gasteiger partial charge on any atom is -0.459 e. The Hall–Kier alpha value is -1.28. The van der Waals surface area contributed by atoms with Crippen molar-refractivity contribution in [2.24, 2.45) is 0 Å². The summed E-state index contributed by atoms with van der Waals surface area (Å²) in [4.78, 5) is 7.37. The van der Waals surface area contributed by atoms with E-state index in [2.05, 4.69) is 9.97 Å². The van der Waals surface area contributed by atoms with Crippen molar-refractivity contribution in [2.75, 3.05) is 19.3 Å². The lowest BCUT2D eigenvalue weighted by atomic mass is 10.1. The van der Waals surface area contributed by atoms with Crippen molar-refractivity contribution in [3.05, 3.63) is 18.2 Å². The van der Waals surface area contributed by atoms with E-state index in [9.17, 15) is 12.8 Å². The van der Waals surface area contributed by atoms with E-state index in [1.807, 2.05) is 0 Å². The second kappa shape index (κ2) is 5.15. The number of hydrogen-bond donors (Lipinski definition) is 0. The predicted octanol–water partition coefficient (Wildman–Crippen LogP) is 0.418. The third-order valence-corrected chi connectivity index (χ3v) is 3.95. The second-order valence-electron chi connectivity index (χ2n) is 4.19. The Kier molecular flexibility index (Phi) is 3.76. The van der Waals surface area contributed by atoms with Crippen LogP contribution < -0.4 is 4.74 Å². The number of sulfonamides is 1. The molecule has 1 aliphatic rings. The van der Waals surface area contributed by atoms with Gasteiger partial charge in [0.25, 0.3) is 0 Å². The maximum atomic E-state index is 12.6. The van der Waals surface area contributed by atoms with Gasteiger partial charge in [-0.3, -0.25) is 0 Å². The van der Waals surface area contributed by atoms with E-state index in [0.29, 0.717) is 6.54 Å². The summed E-state index contributed by atoms with van der Waals surface area (Å²) in [5.41, 5.74) is 0. The Bertz CT molecular complexity index is 506. The molecule has 1 fully saturated rings. The van der Waals surface area contributed by atoms with Crippen molar-refractivity contribution in [2.45, 2.75) is 18.9 Å². The number of halogens is 1. The highest BCUT2D eigenvalue weighted by atomic mass is 32.2. The normalized spacial score (nSPS) is 21.8. The molecule has 2 rings (SSSR count). The Labute approximate surface area is 105 Å². The summed E-state index contributed by atoms with van der Waals surface area (Å²) in [5, 5.41) is 0. The zero-order chi connectivity index (χ0) is 13.2. The van der Waals surface area contributed by atoms with Crippen LogP contribution in [0.3, 0.4) is 0 Å². The first-order valence-electron chi connectivity index (χ1n) is 5.54. The van der Waals surface area contributed by atoms with Gasteiger partial charge in [0, 0.05) is 6.54 Å². The molecule has 18 heavy (non-hydrogen) atoms. The van der Waals surface area contributed by atoms with Gasteiger partial charge in [-0.05, 0) is 12.8 Å². The first-order chi connectivity index (χ1) is 8.45. The molecule has 100 valence electrons. The van der Waals surface area contributed by atoms with Gasteiger partial charge < -0.3 is 4.74 Å². The van der Waals surface area contributed by atoms with E-state index in [-0.39, 0.29) is 18.7 Å². The largest absolute Gasteiger partial charge is 0.459 e. The second-order valence-corrected chi connectivity index (χ2v) is 6.17. The van der Waals surface area contributed by atoms with Crippen molar-refractivity contribution < 1.29 is 17.5 Å². The first-order valence-corrected chi connectivity index (χ1v) is 7.39. The van der Waals surface area contributed by atoms with Gasteiger partial charge in [0.15, 0.2) is 5.82 Å². The number of rotatable bonds is 3. The van der Waals surface area contributed by atoms with Gasteiger partial charge in [0.05, 0.1) is 25.2 Å². The Balaban J connectivity index is 2.00. The Morgan fingerprint density at radius 3 is 2.72 bits per heavy atom. The van der Waals surface area contributed by atoms with Crippen LogP contribution in [0.1, 0.15) is 12.8 Å². The summed E-state index contributed by atoms with van der Waals surface area (Å²) < 4.78 is 42.3. The van der Waals surface area contributed by atoms with Crippen LogP contribution in [0.15, 0.2) is 12.4 Å². The van der Waals surface area contributed by atoms with E-state index in [4.69, 9.17) is 4.74 Å². The van der Waals surface area contributed by atoms with E-state index in [1.165, 1.54) is 10.6 Å². The molecule has 2 heterocycles. The van der Waals surface area contributed by atoms with Crippen LogP contribution in [0.25, 0.3) is 0 Å². The fourth-order valence-corrected chi connectivity index (χ4v) is 2.71. The molecule has 8 heteroatoms. The molecule has 1 aliphatic heterocycles. The summed E-state index contributed by atoms with van der Waals surface area (Å²) in [5.74, 6) is -0.538. The summed E-state index contributed by atoms with van der Waals surface area (Å²) in [6.45, 7) is 0.780. The van der Waals surface area contributed by atoms with E-state index in [0.717, 1.165) is 25.2 Å². The van der Waals surface area contributed by atoms with Gasteiger partial charge >= 0.3 is 6.01 Å². The van der Waals surface area contributed by atoms with Crippen molar-refractivity contribution in [1.82, 2.24) is 14.3 Å². The molecule has 0 radical (unpaired) electrons. The quantitative estimate of drug-likeness (QED) is 0.799. The van der Waals surface area contributed by atoms with Gasteiger partial charge in [-0.25, -0.2) is 22.8 Å². The maximum absolute atomic E-state index is 12.6. The lowest BCUT2D eigenvalue weighted by Gasteiger charge is -2.30. The van der Waals surface area contributed by atoms with Crippen LogP contribution in [0, 0.1) is 5.82 Å². The third kappa shape index (κ3) is 3.36. The minimum absolute atomic E-state index is 0.0664. The summed E-state index contributed by atoms with van der Waals surface area (Å²) in [6, 6.07) is 0.0664. The molecule has 6 nitrogen and oxygen atoms in total. The molecule has 0 aromatic carbocycles. The van der Waals surface area contributed by atoms with Crippen molar-refractivity contribution >= 4 is 10.0 Å². The molecule has 1 aromatic heterocycles. The van der Waals surface area contributed by atoms with Crippen LogP contribution in [-0.4, -0.2) is 48.1 Å². The third-order valence-electron chi connectivity index (χ3n) is 2.68. The monoisotopic (exact) mass is 275 g/mol. The van der Waals surface area contributed by atoms with E-state index in [1.54, 1.807) is 0 Å². The van der Waals surface area contributed by atoms with Crippen LogP contribution >= 0.6 is 0 Å². The smallest absolute Gasteiger partial charge is 0.316 e. The lowest BCUT2D eigenvalue weighted by molar-refractivity contribution is 0.119. The molecule has 0 amide bonds. The minimum atomic E-state index is -3.21. The van der Waals surface area contributed by atoms with Crippen LogP contribution in [0.2, 0.25) is 0 Å². The van der Waals surface area contributed by atoms with Crippen LogP contribution in [0.4, 0.5) is 4.39 Å². The Morgan fingerprint density at radius 1 is 1.44 bits per heavy atom. The molecule has 1 atom stereocenters. The number of nitrogens with zero attached hydrogens (tertiary/aromatic N) is 3. The molecule has 0 bridgehead atoms. The fraction of sp³-hybridized carbons (Fsp3) is 0.600. The molecule has 0 saturated carbocycles. The molecular formula is C10H14FN3O3S. The molecule has 1 saturated heterocycles. The standard InChI is InChI=1S/C10H14FN3O3S/c1-18(15,16)14-4-2-3-9(7-14)17-10-12-5-8(11)6-13-10/h5-6,9H,2-4,7H2,1H3. The van der Waals surface area contributed by atoms with Gasteiger partial charge in [0.2, 0.25) is 10.0 Å². The first kappa shape index (κ1) is 13.2. The summed E-state index contributed by atoms with van der Waals surface area (Å²) >= 11 is 0. The van der Waals surface area contributed by atoms with Gasteiger partial charge in [0.1, 0.15) is 6.10 Å². The average molecular weight is 275 g/mol. The highest BCUT2D eigenvalue weighted by molar-refractivity contribution is 7.88. The summed E-state index contributed by atoms with van der Waals surface area (Å²) in [6.07, 6.45) is 4.35. The predicted molar refractivity (Wildman–Crippen MR) is 62.1 cm³/mol. The van der Waals surface area contributed by atoms with Crippen LogP contribution in [0.5, 0.6) is 6.01 Å². The zero-order valence-electron chi connectivity index (χ0n) is 9.91. The molecule has 0 aliphatic carbocycles. The zero-order valence-corrected chi connectivity index (χ0v) is 10.7. The van der Waals surface area contributed by atoms with Gasteiger partial charge in [-0.15, -0.1) is 0 Å². The number of hydrogen-bond acceptors (Lipinski definition) is 5. The van der Waals surface area contributed by atoms with Crippen molar-refractivity contribution in [1.29, 1.82) is 0 Å². The number of ether oxygens (including phenoxy) is 1. The average Bonchev–Trinajstić information content (AvgIpc) is 2.31. The SMILES string of the molecule is CS(=O)(=O)N1CCCC(Oc2ncc(F)cn2)C1. The van der Waals surface area contributed by atoms with Gasteiger partial charge in [-0.1, -0.05) is 0 Å². The van der Waals surface area contributed by atoms with Crippen LogP contribution in [-0.2, 0) is 10.0 Å². The lowest BCUT2D eigenvalue weighted by Crippen LogP contribution is -2.44. The van der Waals surface area contributed by atoms with Crippen molar-refractivity contribution in [3.63, 3.8) is 0 Å². The molecule has 1 aromatic rings. The van der Waals surface area contributed by atoms with E-state index >= 15 is 0 Å². The molecule has 1 unspecified atom stereocenters. The van der Waals surface area contributed by atoms with Crippen molar-refractivity contribution in [3.8, 4) is 6.01 Å². The Morgan fingerprint density at radius 2 is 2.11 bits per heavy atom. The van der Waals surface area contributed by atoms with E-state index < -0.39 is 15.8 Å². The van der Waals surface area contributed by atoms with Gasteiger partial charge in [-0.2, -0.15) is 4.31 Å². The molecular weight excluding hydrogens is 261 g/mol. The maximum Gasteiger partial charge on any atom is 0.316 e. The summed E-state index contributed by atoms with van der Waals surface area (Å²) in [7, 11) is -3.21. The highest BCUT2D eigenvalue weighted by Crippen LogP contribution is 2.17. The number of aromatic nitrogens is 2.